The lowest BCUT2D eigenvalue weighted by atomic mass is 10.1. The molecule has 0 saturated carbocycles. The first-order valence-corrected chi connectivity index (χ1v) is 20.3. The predicted octanol–water partition coefficient (Wildman–Crippen LogP) is 9.20. The van der Waals surface area contributed by atoms with Gasteiger partial charge in [0.05, 0.1) is 22.8 Å². The number of carbonyl (C=O) groups is 5. The number of esters is 1. The van der Waals surface area contributed by atoms with E-state index in [-0.39, 0.29) is 33.5 Å². The Morgan fingerprint density at radius 3 is 2.07 bits per heavy atom. The molecule has 59 heavy (non-hydrogen) atoms. The van der Waals surface area contributed by atoms with Crippen molar-refractivity contribution in [2.45, 2.75) is 25.3 Å². The van der Waals surface area contributed by atoms with E-state index in [0.717, 1.165) is 16.9 Å². The van der Waals surface area contributed by atoms with E-state index in [1.54, 1.807) is 123 Å². The Morgan fingerprint density at radius 1 is 0.712 bits per heavy atom. The van der Waals surface area contributed by atoms with Crippen molar-refractivity contribution in [3.8, 4) is 5.75 Å². The monoisotopic (exact) mass is 824 g/mol. The minimum atomic E-state index is -0.648. The van der Waals surface area contributed by atoms with E-state index in [0.29, 0.717) is 45.3 Å². The third-order valence-electron chi connectivity index (χ3n) is 8.55. The largest absolute Gasteiger partial charge is 0.489 e. The molecule has 4 N–H and O–H groups in total. The van der Waals surface area contributed by atoms with Gasteiger partial charge in [-0.2, -0.15) is 0 Å². The Balaban J connectivity index is 1.13. The molecule has 1 heterocycles. The van der Waals surface area contributed by atoms with Gasteiger partial charge in [-0.25, -0.2) is 4.79 Å². The Morgan fingerprint density at radius 2 is 1.37 bits per heavy atom. The molecular weight excluding hydrogens is 785 g/mol. The number of thioether (sulfide) groups is 1. The molecule has 0 unspecified atom stereocenters. The molecule has 0 aliphatic rings. The van der Waals surface area contributed by atoms with Gasteiger partial charge in [0.2, 0.25) is 5.91 Å². The first-order chi connectivity index (χ1) is 28.7. The minimum absolute atomic E-state index is 0.00899. The predicted molar refractivity (Wildman–Crippen MR) is 233 cm³/mol. The molecule has 0 aliphatic carbocycles. The van der Waals surface area contributed by atoms with Gasteiger partial charge >= 0.3 is 5.97 Å². The second-order valence-electron chi connectivity index (χ2n) is 12.8. The molecule has 1 aromatic heterocycles. The quantitative estimate of drug-likeness (QED) is 0.0429. The van der Waals surface area contributed by atoms with Crippen LogP contribution in [-0.2, 0) is 20.9 Å². The summed E-state index contributed by atoms with van der Waals surface area (Å²) in [6.07, 6.45) is 1.58. The van der Waals surface area contributed by atoms with Crippen molar-refractivity contribution in [2.24, 2.45) is 0 Å². The Labute approximate surface area is 349 Å². The van der Waals surface area contributed by atoms with E-state index >= 15 is 0 Å². The highest BCUT2D eigenvalue weighted by molar-refractivity contribution is 8.00. The first kappa shape index (κ1) is 41.7. The van der Waals surface area contributed by atoms with Gasteiger partial charge in [-0.15, -0.1) is 23.1 Å². The van der Waals surface area contributed by atoms with Crippen molar-refractivity contribution >= 4 is 75.1 Å². The highest BCUT2D eigenvalue weighted by Crippen LogP contribution is 2.35. The summed E-state index contributed by atoms with van der Waals surface area (Å²) in [5.74, 6) is -1.91. The molecule has 298 valence electrons. The molecule has 6 aromatic rings. The Hall–Kier alpha value is -6.96. The minimum Gasteiger partial charge on any atom is -0.489 e. The molecule has 0 radical (unpaired) electrons. The summed E-state index contributed by atoms with van der Waals surface area (Å²) in [7, 11) is 0. The van der Waals surface area contributed by atoms with E-state index in [4.69, 9.17) is 9.47 Å². The molecule has 0 spiro atoms. The van der Waals surface area contributed by atoms with Crippen LogP contribution in [0.15, 0.2) is 150 Å². The molecule has 13 heteroatoms. The zero-order chi connectivity index (χ0) is 41.6. The maximum absolute atomic E-state index is 13.7. The van der Waals surface area contributed by atoms with Crippen molar-refractivity contribution in [3.63, 3.8) is 0 Å². The lowest BCUT2D eigenvalue weighted by Crippen LogP contribution is -2.30. The van der Waals surface area contributed by atoms with Crippen LogP contribution in [0.2, 0.25) is 0 Å². The molecule has 0 saturated heterocycles. The molecule has 0 fully saturated rings. The fourth-order valence-electron chi connectivity index (χ4n) is 5.66. The molecule has 6 rings (SSSR count). The number of carbonyl (C=O) groups excluding carboxylic acids is 5. The smallest absolute Gasteiger partial charge is 0.341 e. The third kappa shape index (κ3) is 11.8. The number of hydrogen-bond acceptors (Lipinski definition) is 9. The number of thiophene rings is 1. The van der Waals surface area contributed by atoms with Gasteiger partial charge in [-0.1, -0.05) is 84.9 Å². The van der Waals surface area contributed by atoms with Crippen molar-refractivity contribution in [1.29, 1.82) is 0 Å². The average molecular weight is 825 g/mol. The number of hydrogen-bond donors (Lipinski definition) is 4. The number of rotatable bonds is 16. The molecule has 0 aliphatic heterocycles. The third-order valence-corrected chi connectivity index (χ3v) is 10.7. The van der Waals surface area contributed by atoms with Crippen LogP contribution < -0.4 is 26.0 Å². The van der Waals surface area contributed by atoms with Crippen LogP contribution in [0.1, 0.15) is 54.0 Å². The SMILES string of the molecule is CCOC(=O)c1c(NC(=O)CSc2cccc(NC(=O)/C(=C\c3ccc(OCc4ccccc4)cc3)NC(=O)c3ccccc3)c2)sc(C(=O)Nc2ccccc2)c1C. The number of benzene rings is 5. The van der Waals surface area contributed by atoms with E-state index in [9.17, 15) is 24.0 Å². The van der Waals surface area contributed by atoms with Crippen LogP contribution in [-0.4, -0.2) is 42.0 Å². The standard InChI is InChI=1S/C46H40N4O7S2/c1-3-56-46(55)40-30(2)41(44(54)47-34-18-11-6-12-19-34)59-45(40)50-39(51)29-58-37-21-13-20-35(27-37)48-43(53)38(49-42(52)33-16-9-5-10-17-33)26-31-22-24-36(25-23-31)57-28-32-14-7-4-8-15-32/h4-27H,3,28-29H2,1-2H3,(H,47,54)(H,48,53)(H,49,52)(H,50,51)/b38-26+. The van der Waals surface area contributed by atoms with E-state index < -0.39 is 29.6 Å². The molecule has 11 nitrogen and oxygen atoms in total. The summed E-state index contributed by atoms with van der Waals surface area (Å²) in [5.41, 5.74) is 3.60. The van der Waals surface area contributed by atoms with Crippen LogP contribution in [0.3, 0.4) is 0 Å². The number of nitrogens with one attached hydrogen (secondary N) is 4. The summed E-state index contributed by atoms with van der Waals surface area (Å²) in [6, 6.07) is 41.3. The maximum atomic E-state index is 13.7. The van der Waals surface area contributed by atoms with Gasteiger partial charge in [0.25, 0.3) is 17.7 Å². The van der Waals surface area contributed by atoms with Crippen LogP contribution in [0.25, 0.3) is 6.08 Å². The van der Waals surface area contributed by atoms with Gasteiger partial charge in [-0.05, 0) is 91.2 Å². The van der Waals surface area contributed by atoms with Crippen LogP contribution >= 0.6 is 23.1 Å². The molecule has 0 bridgehead atoms. The average Bonchev–Trinajstić information content (AvgIpc) is 3.58. The highest BCUT2D eigenvalue weighted by Gasteiger charge is 2.27. The number of ether oxygens (including phenoxy) is 2. The maximum Gasteiger partial charge on any atom is 0.341 e. The van der Waals surface area contributed by atoms with Crippen LogP contribution in [0.4, 0.5) is 16.4 Å². The zero-order valence-corrected chi connectivity index (χ0v) is 33.8. The van der Waals surface area contributed by atoms with E-state index in [1.165, 1.54) is 11.8 Å². The number of para-hydroxylation sites is 1. The fraction of sp³-hybridized carbons (Fsp3) is 0.109. The van der Waals surface area contributed by atoms with Crippen molar-refractivity contribution in [1.82, 2.24) is 5.32 Å². The number of anilines is 3. The summed E-state index contributed by atoms with van der Waals surface area (Å²) < 4.78 is 11.2. The lowest BCUT2D eigenvalue weighted by molar-refractivity contribution is -0.114. The summed E-state index contributed by atoms with van der Waals surface area (Å²) in [6.45, 7) is 3.83. The van der Waals surface area contributed by atoms with Crippen molar-refractivity contribution in [2.75, 3.05) is 28.3 Å². The molecular formula is C46H40N4O7S2. The summed E-state index contributed by atoms with van der Waals surface area (Å²) in [5, 5.41) is 11.4. The van der Waals surface area contributed by atoms with Gasteiger partial charge in [0, 0.05) is 21.8 Å². The van der Waals surface area contributed by atoms with E-state index in [1.807, 2.05) is 36.4 Å². The van der Waals surface area contributed by atoms with Gasteiger partial charge in [0.1, 0.15) is 23.1 Å². The van der Waals surface area contributed by atoms with Gasteiger partial charge in [-0.3, -0.25) is 19.2 Å². The highest BCUT2D eigenvalue weighted by atomic mass is 32.2. The first-order valence-electron chi connectivity index (χ1n) is 18.5. The van der Waals surface area contributed by atoms with Crippen LogP contribution in [0, 0.1) is 6.92 Å². The number of amides is 4. The zero-order valence-electron chi connectivity index (χ0n) is 32.2. The second-order valence-corrected chi connectivity index (χ2v) is 14.9. The normalized spacial score (nSPS) is 10.9. The second kappa shape index (κ2) is 20.5. The Kier molecular flexibility index (Phi) is 14.4. The topological polar surface area (TPSA) is 152 Å². The van der Waals surface area contributed by atoms with Crippen molar-refractivity contribution < 1.29 is 33.4 Å². The molecule has 4 amide bonds. The Bertz CT molecular complexity index is 2450. The molecule has 0 atom stereocenters. The van der Waals surface area contributed by atoms with E-state index in [2.05, 4.69) is 21.3 Å². The lowest BCUT2D eigenvalue weighted by Gasteiger charge is -2.12. The van der Waals surface area contributed by atoms with Gasteiger partial charge in [0.15, 0.2) is 0 Å². The van der Waals surface area contributed by atoms with Crippen molar-refractivity contribution in [3.05, 3.63) is 178 Å². The van der Waals surface area contributed by atoms with Crippen LogP contribution in [0.5, 0.6) is 5.75 Å². The fourth-order valence-corrected chi connectivity index (χ4v) is 7.52. The molecule has 5 aromatic carbocycles. The summed E-state index contributed by atoms with van der Waals surface area (Å²) >= 11 is 2.20. The summed E-state index contributed by atoms with van der Waals surface area (Å²) in [4.78, 5) is 67.3. The van der Waals surface area contributed by atoms with Gasteiger partial charge < -0.3 is 30.7 Å².